The number of aromatic nitrogens is 2. The molecule has 82 valence electrons. The van der Waals surface area contributed by atoms with Crippen LogP contribution in [0, 0.1) is 0 Å². The molecule has 16 heavy (non-hydrogen) atoms. The number of nitrogens with two attached hydrogens (primary N) is 1. The van der Waals surface area contributed by atoms with Crippen molar-refractivity contribution in [3.63, 3.8) is 0 Å². The second-order valence-electron chi connectivity index (χ2n) is 3.45. The van der Waals surface area contributed by atoms with Gasteiger partial charge in [-0.25, -0.2) is 0 Å². The summed E-state index contributed by atoms with van der Waals surface area (Å²) in [5.74, 6) is 0.738. The van der Waals surface area contributed by atoms with Crippen molar-refractivity contribution in [1.82, 2.24) is 10.2 Å². The van der Waals surface area contributed by atoms with Crippen LogP contribution in [0.3, 0.4) is 0 Å². The van der Waals surface area contributed by atoms with Crippen molar-refractivity contribution in [2.75, 3.05) is 11.9 Å². The average Bonchev–Trinajstić information content (AvgIpc) is 2.38. The second-order valence-corrected chi connectivity index (χ2v) is 3.45. The molecule has 0 fully saturated rings. The maximum atomic E-state index is 5.74. The normalized spacial score (nSPS) is 12.1. The Labute approximate surface area is 94.5 Å². The van der Waals surface area contributed by atoms with Crippen LogP contribution in [0.1, 0.15) is 11.6 Å². The number of nitrogens with zero attached hydrogens (tertiary/aromatic N) is 2. The third-order valence-electron chi connectivity index (χ3n) is 2.33. The summed E-state index contributed by atoms with van der Waals surface area (Å²) in [6.45, 7) is 0.514. The van der Waals surface area contributed by atoms with E-state index in [0.717, 1.165) is 11.4 Å². The zero-order valence-electron chi connectivity index (χ0n) is 8.88. The van der Waals surface area contributed by atoms with Crippen molar-refractivity contribution in [2.24, 2.45) is 5.73 Å². The number of rotatable bonds is 4. The van der Waals surface area contributed by atoms with Crippen LogP contribution in [0.15, 0.2) is 48.7 Å². The number of hydrogen-bond donors (Lipinski definition) is 2. The molecule has 1 heterocycles. The van der Waals surface area contributed by atoms with E-state index in [2.05, 4.69) is 15.5 Å². The molecule has 4 heteroatoms. The summed E-state index contributed by atoms with van der Waals surface area (Å²) in [7, 11) is 0. The zero-order valence-corrected chi connectivity index (χ0v) is 8.88. The Balaban J connectivity index is 2.13. The highest BCUT2D eigenvalue weighted by atomic mass is 15.2. The minimum absolute atomic E-state index is 0.0675. The molecule has 0 saturated carbocycles. The molecule has 0 aliphatic carbocycles. The Kier molecular flexibility index (Phi) is 3.46. The standard InChI is InChI=1S/C12H14N4/c13-9-11(10-5-2-1-3-6-10)15-12-7-4-8-14-16-12/h1-8,11H,9,13H2,(H,15,16). The summed E-state index contributed by atoms with van der Waals surface area (Å²) in [5, 5.41) is 11.0. The monoisotopic (exact) mass is 214 g/mol. The van der Waals surface area contributed by atoms with E-state index in [9.17, 15) is 0 Å². The molecule has 1 atom stereocenters. The predicted molar refractivity (Wildman–Crippen MR) is 63.9 cm³/mol. The first-order chi connectivity index (χ1) is 7.90. The van der Waals surface area contributed by atoms with Gasteiger partial charge < -0.3 is 11.1 Å². The smallest absolute Gasteiger partial charge is 0.149 e. The maximum Gasteiger partial charge on any atom is 0.149 e. The predicted octanol–water partition coefficient (Wildman–Crippen LogP) is 1.59. The van der Waals surface area contributed by atoms with Crippen LogP contribution in [0.5, 0.6) is 0 Å². The molecule has 3 N–H and O–H groups in total. The van der Waals surface area contributed by atoms with Crippen LogP contribution in [0.4, 0.5) is 5.82 Å². The topological polar surface area (TPSA) is 63.8 Å². The lowest BCUT2D eigenvalue weighted by atomic mass is 10.1. The largest absolute Gasteiger partial charge is 0.360 e. The van der Waals surface area contributed by atoms with E-state index in [-0.39, 0.29) is 6.04 Å². The van der Waals surface area contributed by atoms with E-state index in [0.29, 0.717) is 6.54 Å². The molecule has 0 aliphatic rings. The lowest BCUT2D eigenvalue weighted by Crippen LogP contribution is -2.21. The Bertz CT molecular complexity index is 416. The molecular formula is C12H14N4. The van der Waals surface area contributed by atoms with Crippen molar-refractivity contribution in [2.45, 2.75) is 6.04 Å². The van der Waals surface area contributed by atoms with Gasteiger partial charge in [0.25, 0.3) is 0 Å². The molecular weight excluding hydrogens is 200 g/mol. The van der Waals surface area contributed by atoms with Gasteiger partial charge in [-0.15, -0.1) is 5.10 Å². The molecule has 0 bridgehead atoms. The molecule has 2 aromatic rings. The van der Waals surface area contributed by atoms with E-state index in [1.807, 2.05) is 42.5 Å². The molecule has 1 unspecified atom stereocenters. The lowest BCUT2D eigenvalue weighted by molar-refractivity contribution is 0.778. The van der Waals surface area contributed by atoms with Crippen molar-refractivity contribution < 1.29 is 0 Å². The second kappa shape index (κ2) is 5.23. The maximum absolute atomic E-state index is 5.74. The fraction of sp³-hybridized carbons (Fsp3) is 0.167. The molecule has 0 radical (unpaired) electrons. The highest BCUT2D eigenvalue weighted by molar-refractivity contribution is 5.36. The Morgan fingerprint density at radius 1 is 1.12 bits per heavy atom. The molecule has 1 aromatic heterocycles. The van der Waals surface area contributed by atoms with Crippen LogP contribution in [-0.4, -0.2) is 16.7 Å². The molecule has 1 aromatic carbocycles. The van der Waals surface area contributed by atoms with Gasteiger partial charge in [-0.05, 0) is 17.7 Å². The van der Waals surface area contributed by atoms with Gasteiger partial charge >= 0.3 is 0 Å². The summed E-state index contributed by atoms with van der Waals surface area (Å²) < 4.78 is 0. The van der Waals surface area contributed by atoms with E-state index >= 15 is 0 Å². The van der Waals surface area contributed by atoms with Crippen LogP contribution in [0.25, 0.3) is 0 Å². The third kappa shape index (κ3) is 2.55. The summed E-state index contributed by atoms with van der Waals surface area (Å²) in [6, 6.07) is 13.8. The highest BCUT2D eigenvalue weighted by Crippen LogP contribution is 2.15. The average molecular weight is 214 g/mol. The minimum atomic E-state index is 0.0675. The van der Waals surface area contributed by atoms with Gasteiger partial charge in [-0.2, -0.15) is 5.10 Å². The van der Waals surface area contributed by atoms with E-state index in [4.69, 9.17) is 5.73 Å². The Morgan fingerprint density at radius 2 is 1.94 bits per heavy atom. The molecule has 0 amide bonds. The van der Waals surface area contributed by atoms with Crippen molar-refractivity contribution >= 4 is 5.82 Å². The van der Waals surface area contributed by atoms with Gasteiger partial charge in [0.15, 0.2) is 0 Å². The molecule has 4 nitrogen and oxygen atoms in total. The zero-order chi connectivity index (χ0) is 11.2. The Morgan fingerprint density at radius 3 is 2.56 bits per heavy atom. The summed E-state index contributed by atoms with van der Waals surface area (Å²) in [5.41, 5.74) is 6.89. The van der Waals surface area contributed by atoms with Gasteiger partial charge in [-0.3, -0.25) is 0 Å². The van der Waals surface area contributed by atoms with Gasteiger partial charge in [0, 0.05) is 12.7 Å². The van der Waals surface area contributed by atoms with Crippen molar-refractivity contribution in [1.29, 1.82) is 0 Å². The van der Waals surface area contributed by atoms with Gasteiger partial charge in [0.05, 0.1) is 6.04 Å². The van der Waals surface area contributed by atoms with Gasteiger partial charge in [0.2, 0.25) is 0 Å². The van der Waals surface area contributed by atoms with Gasteiger partial charge in [0.1, 0.15) is 5.82 Å². The van der Waals surface area contributed by atoms with Crippen molar-refractivity contribution in [3.8, 4) is 0 Å². The first kappa shape index (κ1) is 10.6. The fourth-order valence-corrected chi connectivity index (χ4v) is 1.52. The number of anilines is 1. The summed E-state index contributed by atoms with van der Waals surface area (Å²) in [4.78, 5) is 0. The first-order valence-electron chi connectivity index (χ1n) is 5.19. The first-order valence-corrected chi connectivity index (χ1v) is 5.19. The quantitative estimate of drug-likeness (QED) is 0.811. The fourth-order valence-electron chi connectivity index (χ4n) is 1.52. The SMILES string of the molecule is NCC(Nc1cccnn1)c1ccccc1. The Hall–Kier alpha value is -1.94. The van der Waals surface area contributed by atoms with Crippen LogP contribution >= 0.6 is 0 Å². The van der Waals surface area contributed by atoms with E-state index in [1.165, 1.54) is 0 Å². The van der Waals surface area contributed by atoms with Crippen LogP contribution < -0.4 is 11.1 Å². The lowest BCUT2D eigenvalue weighted by Gasteiger charge is -2.17. The third-order valence-corrected chi connectivity index (χ3v) is 2.33. The summed E-state index contributed by atoms with van der Waals surface area (Å²) >= 11 is 0. The summed E-state index contributed by atoms with van der Waals surface area (Å²) in [6.07, 6.45) is 1.64. The minimum Gasteiger partial charge on any atom is -0.360 e. The van der Waals surface area contributed by atoms with E-state index < -0.39 is 0 Å². The molecule has 0 aliphatic heterocycles. The van der Waals surface area contributed by atoms with Crippen LogP contribution in [-0.2, 0) is 0 Å². The number of benzene rings is 1. The number of hydrogen-bond acceptors (Lipinski definition) is 4. The number of nitrogens with one attached hydrogen (secondary N) is 1. The van der Waals surface area contributed by atoms with E-state index in [1.54, 1.807) is 6.20 Å². The molecule has 2 rings (SSSR count). The van der Waals surface area contributed by atoms with Crippen LogP contribution in [0.2, 0.25) is 0 Å². The van der Waals surface area contributed by atoms with Gasteiger partial charge in [-0.1, -0.05) is 30.3 Å². The highest BCUT2D eigenvalue weighted by Gasteiger charge is 2.08. The molecule has 0 saturated heterocycles. The van der Waals surface area contributed by atoms with Crippen molar-refractivity contribution in [3.05, 3.63) is 54.2 Å². The molecule has 0 spiro atoms.